The lowest BCUT2D eigenvalue weighted by atomic mass is 10.0. The number of carbonyl (C=O) groups excluding carboxylic acids is 1. The first-order valence-corrected chi connectivity index (χ1v) is 10.9. The van der Waals surface area contributed by atoms with E-state index in [1.165, 1.54) is 0 Å². The lowest BCUT2D eigenvalue weighted by molar-refractivity contribution is -0.160. The van der Waals surface area contributed by atoms with Crippen LogP contribution in [0.5, 0.6) is 0 Å². The van der Waals surface area contributed by atoms with Crippen molar-refractivity contribution in [2.24, 2.45) is 5.92 Å². The third kappa shape index (κ3) is 5.91. The fourth-order valence-electron chi connectivity index (χ4n) is 2.46. The van der Waals surface area contributed by atoms with Crippen molar-refractivity contribution in [3.05, 3.63) is 0 Å². The SMILES string of the molecule is CC(C)(C)OC(=O)[C@H]1C[C@H](CCO)CN1N[Si](C)(C)C. The van der Waals surface area contributed by atoms with Gasteiger partial charge in [-0.3, -0.25) is 9.89 Å². The number of ether oxygens (including phenoxy) is 1. The number of nitrogens with one attached hydrogen (secondary N) is 1. The fourth-order valence-corrected chi connectivity index (χ4v) is 3.57. The summed E-state index contributed by atoms with van der Waals surface area (Å²) in [5.41, 5.74) is -0.461. The molecule has 0 aromatic heterocycles. The highest BCUT2D eigenvalue weighted by Gasteiger charge is 2.40. The zero-order valence-electron chi connectivity index (χ0n) is 13.7. The largest absolute Gasteiger partial charge is 0.459 e. The summed E-state index contributed by atoms with van der Waals surface area (Å²) in [4.78, 5) is 12.4. The maximum absolute atomic E-state index is 12.4. The topological polar surface area (TPSA) is 61.8 Å². The quantitative estimate of drug-likeness (QED) is 0.598. The Labute approximate surface area is 123 Å². The van der Waals surface area contributed by atoms with E-state index in [-0.39, 0.29) is 18.6 Å². The molecule has 1 fully saturated rings. The van der Waals surface area contributed by atoms with Crippen LogP contribution >= 0.6 is 0 Å². The van der Waals surface area contributed by atoms with Crippen molar-refractivity contribution in [2.75, 3.05) is 13.2 Å². The molecule has 1 saturated heterocycles. The van der Waals surface area contributed by atoms with Gasteiger partial charge in [0.15, 0.2) is 0 Å². The molecule has 6 heteroatoms. The van der Waals surface area contributed by atoms with Crippen LogP contribution in [0.3, 0.4) is 0 Å². The van der Waals surface area contributed by atoms with Crippen LogP contribution in [0.4, 0.5) is 0 Å². The van der Waals surface area contributed by atoms with Crippen LogP contribution in [0.1, 0.15) is 33.6 Å². The Morgan fingerprint density at radius 3 is 2.45 bits per heavy atom. The maximum Gasteiger partial charge on any atom is 0.325 e. The molecule has 1 heterocycles. The van der Waals surface area contributed by atoms with Gasteiger partial charge in [0.25, 0.3) is 0 Å². The lowest BCUT2D eigenvalue weighted by Gasteiger charge is -2.32. The van der Waals surface area contributed by atoms with Crippen molar-refractivity contribution in [1.29, 1.82) is 0 Å². The molecule has 1 aliphatic heterocycles. The van der Waals surface area contributed by atoms with Crippen LogP contribution in [0.2, 0.25) is 19.6 Å². The van der Waals surface area contributed by atoms with Crippen molar-refractivity contribution < 1.29 is 14.6 Å². The molecular formula is C14H30N2O3Si. The number of aliphatic hydroxyl groups is 1. The van der Waals surface area contributed by atoms with E-state index >= 15 is 0 Å². The molecule has 118 valence electrons. The van der Waals surface area contributed by atoms with E-state index < -0.39 is 13.8 Å². The third-order valence-corrected chi connectivity index (χ3v) is 4.04. The molecule has 0 aliphatic carbocycles. The van der Waals surface area contributed by atoms with E-state index in [4.69, 9.17) is 9.84 Å². The standard InChI is InChI=1S/C14H30N2O3Si/c1-14(2,3)19-13(18)12-9-11(7-8-17)10-16(12)15-20(4,5)6/h11-12,15,17H,7-10H2,1-6H3/t11-,12+/m0/s1. The number of carbonyl (C=O) groups is 1. The summed E-state index contributed by atoms with van der Waals surface area (Å²) in [5.74, 6) is 0.185. The molecule has 0 aromatic carbocycles. The zero-order chi connectivity index (χ0) is 15.6. The van der Waals surface area contributed by atoms with Gasteiger partial charge in [-0.05, 0) is 39.5 Å². The number of aliphatic hydroxyl groups excluding tert-OH is 1. The van der Waals surface area contributed by atoms with E-state index in [2.05, 4.69) is 24.7 Å². The minimum absolute atomic E-state index is 0.163. The average molecular weight is 302 g/mol. The van der Waals surface area contributed by atoms with Crippen molar-refractivity contribution in [3.8, 4) is 0 Å². The predicted octanol–water partition coefficient (Wildman–Crippen LogP) is 1.74. The van der Waals surface area contributed by atoms with Gasteiger partial charge in [-0.15, -0.1) is 0 Å². The van der Waals surface area contributed by atoms with Crippen molar-refractivity contribution in [3.63, 3.8) is 0 Å². The molecular weight excluding hydrogens is 272 g/mol. The number of hydrogen-bond donors (Lipinski definition) is 2. The van der Waals surface area contributed by atoms with E-state index in [0.29, 0.717) is 5.92 Å². The Kier molecular flexibility index (Phi) is 5.77. The summed E-state index contributed by atoms with van der Waals surface area (Å²) in [6.45, 7) is 13.3. The monoisotopic (exact) mass is 302 g/mol. The lowest BCUT2D eigenvalue weighted by Crippen LogP contribution is -2.56. The van der Waals surface area contributed by atoms with E-state index in [1.807, 2.05) is 25.8 Å². The van der Waals surface area contributed by atoms with Gasteiger partial charge in [0.2, 0.25) is 0 Å². The molecule has 0 spiro atoms. The van der Waals surface area contributed by atoms with Gasteiger partial charge >= 0.3 is 5.97 Å². The van der Waals surface area contributed by atoms with E-state index in [1.54, 1.807) is 0 Å². The highest BCUT2D eigenvalue weighted by molar-refractivity contribution is 6.73. The number of rotatable bonds is 5. The first-order chi connectivity index (χ1) is 9.02. The van der Waals surface area contributed by atoms with Gasteiger partial charge in [0.05, 0.1) is 0 Å². The van der Waals surface area contributed by atoms with Gasteiger partial charge in [0.1, 0.15) is 19.9 Å². The van der Waals surface area contributed by atoms with Gasteiger partial charge < -0.3 is 9.84 Å². The molecule has 0 saturated carbocycles. The summed E-state index contributed by atoms with van der Waals surface area (Å²) in [5, 5.41) is 14.7. The fraction of sp³-hybridized carbons (Fsp3) is 0.929. The Hall–Kier alpha value is -0.433. The Bertz CT molecular complexity index is 336. The molecule has 1 rings (SSSR count). The highest BCUT2D eigenvalue weighted by atomic mass is 28.3. The van der Waals surface area contributed by atoms with Gasteiger partial charge in [0, 0.05) is 13.2 Å². The second-order valence-corrected chi connectivity index (χ2v) is 12.4. The molecule has 2 N–H and O–H groups in total. The predicted molar refractivity (Wildman–Crippen MR) is 82.6 cm³/mol. The molecule has 0 radical (unpaired) electrons. The van der Waals surface area contributed by atoms with Gasteiger partial charge in [-0.1, -0.05) is 19.6 Å². The van der Waals surface area contributed by atoms with Crippen molar-refractivity contribution >= 4 is 14.2 Å². The number of nitrogens with zero attached hydrogens (tertiary/aromatic N) is 1. The molecule has 0 unspecified atom stereocenters. The molecule has 0 aromatic rings. The first-order valence-electron chi connectivity index (χ1n) is 7.40. The first kappa shape index (κ1) is 17.6. The summed E-state index contributed by atoms with van der Waals surface area (Å²) >= 11 is 0. The van der Waals surface area contributed by atoms with E-state index in [0.717, 1.165) is 19.4 Å². The minimum Gasteiger partial charge on any atom is -0.459 e. The average Bonchev–Trinajstić information content (AvgIpc) is 2.56. The smallest absolute Gasteiger partial charge is 0.325 e. The van der Waals surface area contributed by atoms with Crippen molar-refractivity contribution in [2.45, 2.75) is 64.9 Å². The highest BCUT2D eigenvalue weighted by Crippen LogP contribution is 2.27. The molecule has 1 aliphatic rings. The molecule has 20 heavy (non-hydrogen) atoms. The van der Waals surface area contributed by atoms with E-state index in [9.17, 15) is 4.79 Å². The number of esters is 1. The van der Waals surface area contributed by atoms with Crippen LogP contribution in [0.25, 0.3) is 0 Å². The van der Waals surface area contributed by atoms with Crippen LogP contribution in [-0.4, -0.2) is 49.1 Å². The minimum atomic E-state index is -1.52. The molecule has 0 amide bonds. The second kappa shape index (κ2) is 6.55. The zero-order valence-corrected chi connectivity index (χ0v) is 14.7. The normalized spacial score (nSPS) is 24.9. The third-order valence-electron chi connectivity index (χ3n) is 3.08. The molecule has 5 nitrogen and oxygen atoms in total. The summed E-state index contributed by atoms with van der Waals surface area (Å²) in [7, 11) is -1.52. The maximum atomic E-state index is 12.4. The van der Waals surface area contributed by atoms with Gasteiger partial charge in [-0.2, -0.15) is 0 Å². The molecule has 2 atom stereocenters. The second-order valence-electron chi connectivity index (χ2n) is 7.68. The van der Waals surface area contributed by atoms with Crippen LogP contribution in [-0.2, 0) is 9.53 Å². The Balaban J connectivity index is 2.75. The van der Waals surface area contributed by atoms with Gasteiger partial charge in [-0.25, -0.2) is 5.01 Å². The molecule has 0 bridgehead atoms. The number of hydrogen-bond acceptors (Lipinski definition) is 5. The van der Waals surface area contributed by atoms with Crippen LogP contribution in [0.15, 0.2) is 0 Å². The summed E-state index contributed by atoms with van der Waals surface area (Å²) < 4.78 is 5.53. The Morgan fingerprint density at radius 2 is 2.00 bits per heavy atom. The van der Waals surface area contributed by atoms with Crippen LogP contribution < -0.4 is 5.09 Å². The van der Waals surface area contributed by atoms with Crippen LogP contribution in [0, 0.1) is 5.92 Å². The summed E-state index contributed by atoms with van der Waals surface area (Å²) in [6.07, 6.45) is 1.50. The number of hydrazine groups is 1. The Morgan fingerprint density at radius 1 is 1.40 bits per heavy atom. The van der Waals surface area contributed by atoms with Crippen molar-refractivity contribution in [1.82, 2.24) is 10.1 Å². The summed E-state index contributed by atoms with van der Waals surface area (Å²) in [6, 6.07) is -0.238.